The van der Waals surface area contributed by atoms with E-state index in [0.717, 1.165) is 0 Å². The fourth-order valence-corrected chi connectivity index (χ4v) is 1.64. The number of carbonyl (C=O) groups is 4. The van der Waals surface area contributed by atoms with Crippen LogP contribution in [-0.4, -0.2) is 72.6 Å². The minimum Gasteiger partial charge on any atom is -0.465 e. The molecular formula is C15H21N5O7. The van der Waals surface area contributed by atoms with Crippen LogP contribution in [0.4, 0.5) is 0 Å². The number of rotatable bonds is 11. The van der Waals surface area contributed by atoms with Crippen LogP contribution in [0.1, 0.15) is 19.5 Å². The van der Waals surface area contributed by atoms with Crippen LogP contribution in [0.15, 0.2) is 17.4 Å². The summed E-state index contributed by atoms with van der Waals surface area (Å²) in [5.41, 5.74) is -0.0155. The van der Waals surface area contributed by atoms with E-state index in [1.54, 1.807) is 13.8 Å². The maximum Gasteiger partial charge on any atom is 0.347 e. The number of nitrogens with zero attached hydrogens (tertiary/aromatic N) is 2. The molecule has 0 aromatic carbocycles. The second kappa shape index (κ2) is 12.0. The third kappa shape index (κ3) is 8.47. The van der Waals surface area contributed by atoms with E-state index in [-0.39, 0.29) is 31.2 Å². The fraction of sp³-hybridized carbons (Fsp3) is 0.467. The first-order valence-corrected chi connectivity index (χ1v) is 8.03. The van der Waals surface area contributed by atoms with Gasteiger partial charge in [-0.1, -0.05) is 5.16 Å². The van der Waals surface area contributed by atoms with Crippen LogP contribution < -0.4 is 10.6 Å². The van der Waals surface area contributed by atoms with Gasteiger partial charge >= 0.3 is 11.9 Å². The molecule has 0 aliphatic rings. The molecule has 0 saturated heterocycles. The maximum atomic E-state index is 12.2. The molecule has 0 spiro atoms. The molecule has 12 nitrogen and oxygen atoms in total. The number of oxime groups is 1. The second-order valence-corrected chi connectivity index (χ2v) is 4.75. The topological polar surface area (TPSA) is 161 Å². The lowest BCUT2D eigenvalue weighted by atomic mass is 10.2. The van der Waals surface area contributed by atoms with Crippen molar-refractivity contribution >= 4 is 29.5 Å². The number of H-pyrrole nitrogens is 1. The Morgan fingerprint density at radius 2 is 1.78 bits per heavy atom. The first-order valence-electron chi connectivity index (χ1n) is 8.03. The summed E-state index contributed by atoms with van der Waals surface area (Å²) in [7, 11) is 0. The molecule has 0 unspecified atom stereocenters. The van der Waals surface area contributed by atoms with Gasteiger partial charge in [-0.15, -0.1) is 0 Å². The van der Waals surface area contributed by atoms with Crippen molar-refractivity contribution in [3.8, 4) is 0 Å². The minimum atomic E-state index is -0.755. The zero-order valence-electron chi connectivity index (χ0n) is 14.9. The Bertz CT molecular complexity index is 672. The van der Waals surface area contributed by atoms with Crippen molar-refractivity contribution < 1.29 is 33.5 Å². The number of ether oxygens (including phenoxy) is 2. The quantitative estimate of drug-likeness (QED) is 0.236. The van der Waals surface area contributed by atoms with Gasteiger partial charge in [-0.05, 0) is 19.9 Å². The van der Waals surface area contributed by atoms with Gasteiger partial charge in [0.05, 0.1) is 25.5 Å². The zero-order valence-corrected chi connectivity index (χ0v) is 14.9. The number of esters is 2. The number of aromatic nitrogens is 2. The van der Waals surface area contributed by atoms with Crippen LogP contribution in [0.25, 0.3) is 0 Å². The molecule has 148 valence electrons. The molecule has 1 aromatic rings. The summed E-state index contributed by atoms with van der Waals surface area (Å²) in [5.74, 6) is -2.60. The molecule has 1 aromatic heterocycles. The summed E-state index contributed by atoms with van der Waals surface area (Å²) in [6, 6.07) is 1.45. The predicted octanol–water partition coefficient (Wildman–Crippen LogP) is -1.51. The largest absolute Gasteiger partial charge is 0.465 e. The van der Waals surface area contributed by atoms with Crippen molar-refractivity contribution in [1.82, 2.24) is 20.8 Å². The van der Waals surface area contributed by atoms with Crippen molar-refractivity contribution in [2.45, 2.75) is 13.8 Å². The monoisotopic (exact) mass is 383 g/mol. The molecule has 27 heavy (non-hydrogen) atoms. The van der Waals surface area contributed by atoms with Crippen molar-refractivity contribution in [2.24, 2.45) is 5.16 Å². The van der Waals surface area contributed by atoms with E-state index in [9.17, 15) is 19.2 Å². The highest BCUT2D eigenvalue weighted by Crippen LogP contribution is 1.98. The number of hydrogen-bond donors (Lipinski definition) is 3. The van der Waals surface area contributed by atoms with Gasteiger partial charge in [0.1, 0.15) is 6.54 Å². The van der Waals surface area contributed by atoms with Crippen LogP contribution >= 0.6 is 0 Å². The summed E-state index contributed by atoms with van der Waals surface area (Å²) in [4.78, 5) is 51.1. The molecule has 0 radical (unpaired) electrons. The third-order valence-electron chi connectivity index (χ3n) is 2.76. The molecule has 0 fully saturated rings. The number of aromatic amines is 1. The van der Waals surface area contributed by atoms with Crippen molar-refractivity contribution in [3.63, 3.8) is 0 Å². The first-order chi connectivity index (χ1) is 13.0. The molecule has 1 rings (SSSR count). The van der Waals surface area contributed by atoms with Crippen LogP contribution in [0.2, 0.25) is 0 Å². The summed E-state index contributed by atoms with van der Waals surface area (Å²) < 4.78 is 9.33. The Hall–Kier alpha value is -3.44. The van der Waals surface area contributed by atoms with Crippen molar-refractivity contribution in [1.29, 1.82) is 0 Å². The lowest BCUT2D eigenvalue weighted by Crippen LogP contribution is -2.42. The second-order valence-electron chi connectivity index (χ2n) is 4.75. The minimum absolute atomic E-state index is 0.181. The summed E-state index contributed by atoms with van der Waals surface area (Å²) >= 11 is 0. The first kappa shape index (κ1) is 21.6. The van der Waals surface area contributed by atoms with E-state index >= 15 is 0 Å². The van der Waals surface area contributed by atoms with Crippen LogP contribution in [0.5, 0.6) is 0 Å². The van der Waals surface area contributed by atoms with Crippen LogP contribution in [0, 0.1) is 0 Å². The van der Waals surface area contributed by atoms with Crippen LogP contribution in [-0.2, 0) is 33.5 Å². The molecule has 1 heterocycles. The molecule has 0 aliphatic heterocycles. The summed E-state index contributed by atoms with van der Waals surface area (Å²) in [6.45, 7) is 2.44. The number of hydrogen-bond acceptors (Lipinski definition) is 9. The molecular weight excluding hydrogens is 362 g/mol. The van der Waals surface area contributed by atoms with Gasteiger partial charge in [-0.25, -0.2) is 4.79 Å². The lowest BCUT2D eigenvalue weighted by Gasteiger charge is -2.08. The molecule has 2 amide bonds. The number of carbonyl (C=O) groups excluding carboxylic acids is 4. The average molecular weight is 383 g/mol. The number of amides is 2. The Labute approximate surface area is 154 Å². The highest BCUT2D eigenvalue weighted by Gasteiger charge is 2.18. The molecule has 12 heteroatoms. The van der Waals surface area contributed by atoms with E-state index < -0.39 is 36.9 Å². The molecule has 0 aliphatic carbocycles. The van der Waals surface area contributed by atoms with Gasteiger partial charge < -0.3 is 24.9 Å². The number of nitrogens with one attached hydrogen (secondary N) is 3. The lowest BCUT2D eigenvalue weighted by molar-refractivity contribution is -0.148. The highest BCUT2D eigenvalue weighted by molar-refractivity contribution is 6.44. The molecule has 3 N–H and O–H groups in total. The Morgan fingerprint density at radius 3 is 2.41 bits per heavy atom. The standard InChI is InChI=1S/C15H21N5O7/c1-3-25-12(22)8-16-11(21)7-17-15(24)14(10-5-6-18-19-10)20-27-9-13(23)26-4-2/h5-6H,3-4,7-9H2,1-2H3,(H,16,21)(H,17,24)(H,18,19)/b20-14-. The van der Waals surface area contributed by atoms with Crippen molar-refractivity contribution in [3.05, 3.63) is 18.0 Å². The van der Waals surface area contributed by atoms with Gasteiger partial charge in [0.25, 0.3) is 5.91 Å². The summed E-state index contributed by atoms with van der Waals surface area (Å²) in [5, 5.41) is 14.4. The van der Waals surface area contributed by atoms with E-state index in [0.29, 0.717) is 0 Å². The van der Waals surface area contributed by atoms with Gasteiger partial charge in [-0.2, -0.15) is 5.10 Å². The maximum absolute atomic E-state index is 12.2. The van der Waals surface area contributed by atoms with E-state index in [2.05, 4.69) is 35.5 Å². The molecule has 0 bridgehead atoms. The van der Waals surface area contributed by atoms with E-state index in [1.165, 1.54) is 12.3 Å². The Morgan fingerprint density at radius 1 is 1.07 bits per heavy atom. The van der Waals surface area contributed by atoms with Gasteiger partial charge in [0.2, 0.25) is 12.5 Å². The SMILES string of the molecule is CCOC(=O)CNC(=O)CNC(=O)/C(=N\OCC(=O)OCC)c1ccn[nH]1. The third-order valence-corrected chi connectivity index (χ3v) is 2.76. The smallest absolute Gasteiger partial charge is 0.347 e. The Kier molecular flexibility index (Phi) is 9.60. The summed E-state index contributed by atoms with van der Waals surface area (Å²) in [6.07, 6.45) is 1.38. The predicted molar refractivity (Wildman–Crippen MR) is 90.4 cm³/mol. The normalized spacial score (nSPS) is 10.7. The van der Waals surface area contributed by atoms with E-state index in [4.69, 9.17) is 4.84 Å². The Balaban J connectivity index is 2.58. The van der Waals surface area contributed by atoms with E-state index in [1.807, 2.05) is 0 Å². The highest BCUT2D eigenvalue weighted by atomic mass is 16.7. The molecule has 0 atom stereocenters. The van der Waals surface area contributed by atoms with Crippen molar-refractivity contribution in [2.75, 3.05) is 32.9 Å². The van der Waals surface area contributed by atoms with Crippen LogP contribution in [0.3, 0.4) is 0 Å². The average Bonchev–Trinajstić information content (AvgIpc) is 3.16. The van der Waals surface area contributed by atoms with Gasteiger partial charge in [0.15, 0.2) is 5.71 Å². The molecule has 0 saturated carbocycles. The van der Waals surface area contributed by atoms with Gasteiger partial charge in [0, 0.05) is 6.20 Å². The zero-order chi connectivity index (χ0) is 20.1. The van der Waals surface area contributed by atoms with Gasteiger partial charge in [-0.3, -0.25) is 19.5 Å². The fourth-order valence-electron chi connectivity index (χ4n) is 1.64.